The minimum Gasteiger partial charge on any atom is -0.409 e. The van der Waals surface area contributed by atoms with Crippen LogP contribution in [0.5, 0.6) is 0 Å². The Hall–Kier alpha value is -0.860. The minimum atomic E-state index is -3.48. The van der Waals surface area contributed by atoms with Crippen molar-refractivity contribution in [2.45, 2.75) is 51.5 Å². The molecule has 4 N–H and O–H groups in total. The van der Waals surface area contributed by atoms with Gasteiger partial charge in [0.25, 0.3) is 10.2 Å². The third kappa shape index (κ3) is 5.33. The van der Waals surface area contributed by atoms with Crippen LogP contribution in [0.4, 0.5) is 0 Å². The summed E-state index contributed by atoms with van der Waals surface area (Å²) >= 11 is 0. The molecule has 112 valence electrons. The Morgan fingerprint density at radius 2 is 1.95 bits per heavy atom. The summed E-state index contributed by atoms with van der Waals surface area (Å²) in [6.07, 6.45) is 4.75. The van der Waals surface area contributed by atoms with Crippen LogP contribution in [0.2, 0.25) is 0 Å². The van der Waals surface area contributed by atoms with E-state index in [-0.39, 0.29) is 18.3 Å². The quantitative estimate of drug-likeness (QED) is 0.288. The molecule has 1 heterocycles. The fraction of sp³-hybridized carbons (Fsp3) is 0.909. The Morgan fingerprint density at radius 3 is 2.42 bits per heavy atom. The molecule has 1 atom stereocenters. The summed E-state index contributed by atoms with van der Waals surface area (Å²) < 4.78 is 28.6. The van der Waals surface area contributed by atoms with Crippen LogP contribution in [0, 0.1) is 0 Å². The van der Waals surface area contributed by atoms with Gasteiger partial charge in [0.1, 0.15) is 5.84 Å². The maximum atomic E-state index is 12.2. The highest BCUT2D eigenvalue weighted by Gasteiger charge is 2.25. The molecule has 1 rings (SSSR count). The Kier molecular flexibility index (Phi) is 6.53. The van der Waals surface area contributed by atoms with Crippen molar-refractivity contribution in [1.29, 1.82) is 0 Å². The van der Waals surface area contributed by atoms with Gasteiger partial charge in [-0.25, -0.2) is 0 Å². The van der Waals surface area contributed by atoms with Crippen LogP contribution in [0.1, 0.15) is 45.4 Å². The molecule has 0 spiro atoms. The first-order valence-corrected chi connectivity index (χ1v) is 8.17. The van der Waals surface area contributed by atoms with Crippen LogP contribution in [-0.4, -0.2) is 42.9 Å². The topological polar surface area (TPSA) is 108 Å². The first kappa shape index (κ1) is 16.2. The predicted molar refractivity (Wildman–Crippen MR) is 74.2 cm³/mol. The number of amidine groups is 1. The Morgan fingerprint density at radius 1 is 1.37 bits per heavy atom. The van der Waals surface area contributed by atoms with E-state index < -0.39 is 10.2 Å². The molecule has 1 unspecified atom stereocenters. The summed E-state index contributed by atoms with van der Waals surface area (Å²) in [4.78, 5) is 0. The number of hydrogen-bond donors (Lipinski definition) is 3. The number of hydrogen-bond acceptors (Lipinski definition) is 4. The summed E-state index contributed by atoms with van der Waals surface area (Å²) in [5.74, 6) is 0.0328. The van der Waals surface area contributed by atoms with Crippen molar-refractivity contribution < 1.29 is 13.6 Å². The predicted octanol–water partition coefficient (Wildman–Crippen LogP) is 0.612. The zero-order valence-electron chi connectivity index (χ0n) is 11.4. The second kappa shape index (κ2) is 7.66. The van der Waals surface area contributed by atoms with E-state index in [1.165, 1.54) is 4.31 Å². The van der Waals surface area contributed by atoms with E-state index in [9.17, 15) is 8.42 Å². The molecule has 0 amide bonds. The van der Waals surface area contributed by atoms with Gasteiger partial charge in [-0.05, 0) is 19.3 Å². The van der Waals surface area contributed by atoms with E-state index in [0.29, 0.717) is 19.5 Å². The average molecular weight is 292 g/mol. The largest absolute Gasteiger partial charge is 0.409 e. The van der Waals surface area contributed by atoms with Crippen molar-refractivity contribution in [3.05, 3.63) is 0 Å². The molecule has 0 aromatic heterocycles. The molecule has 8 heteroatoms. The second-order valence-corrected chi connectivity index (χ2v) is 6.54. The molecule has 0 aliphatic carbocycles. The van der Waals surface area contributed by atoms with E-state index in [4.69, 9.17) is 10.9 Å². The molecule has 7 nitrogen and oxygen atoms in total. The van der Waals surface area contributed by atoms with Crippen LogP contribution >= 0.6 is 0 Å². The molecule has 19 heavy (non-hydrogen) atoms. The summed E-state index contributed by atoms with van der Waals surface area (Å²) in [6, 6.07) is -0.343. The monoisotopic (exact) mass is 292 g/mol. The van der Waals surface area contributed by atoms with Crippen molar-refractivity contribution in [2.75, 3.05) is 13.1 Å². The molecule has 1 aliphatic heterocycles. The normalized spacial score (nSPS) is 21.0. The molecule has 1 aliphatic rings. The van der Waals surface area contributed by atoms with Crippen LogP contribution in [0.3, 0.4) is 0 Å². The molecule has 0 bridgehead atoms. The highest BCUT2D eigenvalue weighted by atomic mass is 32.2. The maximum absolute atomic E-state index is 12.2. The third-order valence-electron chi connectivity index (χ3n) is 3.30. The van der Waals surface area contributed by atoms with Gasteiger partial charge in [-0.15, -0.1) is 0 Å². The van der Waals surface area contributed by atoms with E-state index in [1.807, 2.05) is 6.92 Å². The zero-order chi connectivity index (χ0) is 14.3. The standard InChI is InChI=1S/C11H24N4O3S/c1-2-10(9-11(12)13-16)14-19(17,18)15-7-5-3-4-6-8-15/h10,14,16H,2-9H2,1H3,(H2,12,13). The van der Waals surface area contributed by atoms with E-state index >= 15 is 0 Å². The fourth-order valence-corrected chi connectivity index (χ4v) is 3.69. The fourth-order valence-electron chi connectivity index (χ4n) is 2.13. The van der Waals surface area contributed by atoms with Gasteiger partial charge in [0.05, 0.1) is 0 Å². The van der Waals surface area contributed by atoms with Crippen molar-refractivity contribution >= 4 is 16.0 Å². The minimum absolute atomic E-state index is 0.0328. The van der Waals surface area contributed by atoms with E-state index in [1.54, 1.807) is 0 Å². The number of nitrogens with two attached hydrogens (primary N) is 1. The number of rotatable bonds is 6. The summed E-state index contributed by atoms with van der Waals surface area (Å²) in [6.45, 7) is 2.99. The first-order chi connectivity index (χ1) is 8.99. The highest BCUT2D eigenvalue weighted by Crippen LogP contribution is 2.13. The van der Waals surface area contributed by atoms with Gasteiger partial charge in [0.2, 0.25) is 0 Å². The second-order valence-electron chi connectivity index (χ2n) is 4.84. The molecular formula is C11H24N4O3S. The number of nitrogens with one attached hydrogen (secondary N) is 1. The molecule has 1 saturated heterocycles. The van der Waals surface area contributed by atoms with Crippen molar-refractivity contribution in [3.63, 3.8) is 0 Å². The summed E-state index contributed by atoms with van der Waals surface area (Å²) in [7, 11) is -3.48. The Labute approximate surface area is 115 Å². The van der Waals surface area contributed by atoms with Gasteiger partial charge in [-0.3, -0.25) is 0 Å². The van der Waals surface area contributed by atoms with E-state index in [0.717, 1.165) is 25.7 Å². The SMILES string of the molecule is CCC(CC(N)=NO)NS(=O)(=O)N1CCCCCC1. The van der Waals surface area contributed by atoms with Gasteiger partial charge in [0.15, 0.2) is 0 Å². The van der Waals surface area contributed by atoms with Gasteiger partial charge >= 0.3 is 0 Å². The number of nitrogens with zero attached hydrogens (tertiary/aromatic N) is 2. The smallest absolute Gasteiger partial charge is 0.279 e. The maximum Gasteiger partial charge on any atom is 0.279 e. The van der Waals surface area contributed by atoms with Gasteiger partial charge in [-0.2, -0.15) is 17.4 Å². The highest BCUT2D eigenvalue weighted by molar-refractivity contribution is 7.87. The van der Waals surface area contributed by atoms with Crippen LogP contribution < -0.4 is 10.5 Å². The molecule has 0 aromatic carbocycles. The van der Waals surface area contributed by atoms with Gasteiger partial charge in [-0.1, -0.05) is 24.9 Å². The van der Waals surface area contributed by atoms with Crippen LogP contribution in [0.15, 0.2) is 5.16 Å². The van der Waals surface area contributed by atoms with Crippen molar-refractivity contribution in [1.82, 2.24) is 9.03 Å². The van der Waals surface area contributed by atoms with Crippen molar-refractivity contribution in [2.24, 2.45) is 10.9 Å². The molecule has 0 radical (unpaired) electrons. The van der Waals surface area contributed by atoms with Gasteiger partial charge in [0, 0.05) is 25.6 Å². The molecule has 0 saturated carbocycles. The lowest BCUT2D eigenvalue weighted by molar-refractivity contribution is 0.315. The third-order valence-corrected chi connectivity index (χ3v) is 4.97. The van der Waals surface area contributed by atoms with Crippen LogP contribution in [0.25, 0.3) is 0 Å². The first-order valence-electron chi connectivity index (χ1n) is 6.73. The lowest BCUT2D eigenvalue weighted by atomic mass is 10.1. The Bertz CT molecular complexity index is 389. The van der Waals surface area contributed by atoms with Gasteiger partial charge < -0.3 is 10.9 Å². The Balaban J connectivity index is 2.65. The average Bonchev–Trinajstić information content (AvgIpc) is 2.66. The van der Waals surface area contributed by atoms with Crippen LogP contribution in [-0.2, 0) is 10.2 Å². The molecular weight excluding hydrogens is 268 g/mol. The number of oxime groups is 1. The summed E-state index contributed by atoms with van der Waals surface area (Å²) in [5, 5.41) is 11.4. The molecule has 0 aromatic rings. The lowest BCUT2D eigenvalue weighted by Gasteiger charge is -2.24. The van der Waals surface area contributed by atoms with E-state index in [2.05, 4.69) is 9.88 Å². The zero-order valence-corrected chi connectivity index (χ0v) is 12.2. The lowest BCUT2D eigenvalue weighted by Crippen LogP contribution is -2.46. The summed E-state index contributed by atoms with van der Waals surface area (Å²) in [5.41, 5.74) is 5.42. The molecule has 1 fully saturated rings. The van der Waals surface area contributed by atoms with Crippen molar-refractivity contribution in [3.8, 4) is 0 Å².